The van der Waals surface area contributed by atoms with Gasteiger partial charge in [-0.25, -0.2) is 14.2 Å². The Balaban J connectivity index is 1.78. The van der Waals surface area contributed by atoms with Crippen LogP contribution < -0.4 is 5.32 Å². The second-order valence-electron chi connectivity index (χ2n) is 4.35. The van der Waals surface area contributed by atoms with Gasteiger partial charge in [0, 0.05) is 12.7 Å². The van der Waals surface area contributed by atoms with Gasteiger partial charge in [0.05, 0.1) is 5.56 Å². The molecule has 0 fully saturated rings. The molecule has 1 heterocycles. The van der Waals surface area contributed by atoms with E-state index in [-0.39, 0.29) is 23.1 Å². The SMILES string of the molecule is O=C(COC(=O)c1ccnc(Cl)c1)NCc1ccc(F)cc1. The van der Waals surface area contributed by atoms with E-state index in [1.165, 1.54) is 30.5 Å². The minimum absolute atomic E-state index is 0.162. The molecule has 1 N–H and O–H groups in total. The summed E-state index contributed by atoms with van der Waals surface area (Å²) in [4.78, 5) is 27.0. The van der Waals surface area contributed by atoms with E-state index in [4.69, 9.17) is 16.3 Å². The van der Waals surface area contributed by atoms with E-state index in [1.807, 2.05) is 0 Å². The van der Waals surface area contributed by atoms with Crippen LogP contribution in [0.4, 0.5) is 4.39 Å². The quantitative estimate of drug-likeness (QED) is 0.677. The van der Waals surface area contributed by atoms with Crippen molar-refractivity contribution < 1.29 is 18.7 Å². The number of halogens is 2. The lowest BCUT2D eigenvalue weighted by Crippen LogP contribution is -2.28. The minimum atomic E-state index is -0.666. The molecule has 5 nitrogen and oxygen atoms in total. The largest absolute Gasteiger partial charge is 0.452 e. The number of carbonyl (C=O) groups is 2. The Labute approximate surface area is 131 Å². The number of aromatic nitrogens is 1. The highest BCUT2D eigenvalue weighted by molar-refractivity contribution is 6.29. The second-order valence-corrected chi connectivity index (χ2v) is 4.73. The average molecular weight is 323 g/mol. The number of ether oxygens (including phenoxy) is 1. The number of nitrogens with zero attached hydrogens (tertiary/aromatic N) is 1. The first-order valence-electron chi connectivity index (χ1n) is 6.34. The molecule has 2 aromatic rings. The first-order chi connectivity index (χ1) is 10.5. The van der Waals surface area contributed by atoms with Crippen molar-refractivity contribution in [3.8, 4) is 0 Å². The molecule has 0 unspecified atom stereocenters. The molecule has 1 aromatic carbocycles. The van der Waals surface area contributed by atoms with E-state index in [0.29, 0.717) is 0 Å². The average Bonchev–Trinajstić information content (AvgIpc) is 2.52. The van der Waals surface area contributed by atoms with E-state index < -0.39 is 18.5 Å². The fraction of sp³-hybridized carbons (Fsp3) is 0.133. The van der Waals surface area contributed by atoms with Crippen LogP contribution in [0.2, 0.25) is 5.15 Å². The van der Waals surface area contributed by atoms with Crippen molar-refractivity contribution in [2.75, 3.05) is 6.61 Å². The van der Waals surface area contributed by atoms with Crippen molar-refractivity contribution in [3.63, 3.8) is 0 Å². The zero-order valence-electron chi connectivity index (χ0n) is 11.4. The van der Waals surface area contributed by atoms with Crippen LogP contribution in [0, 0.1) is 5.82 Å². The lowest BCUT2D eigenvalue weighted by molar-refractivity contribution is -0.124. The monoisotopic (exact) mass is 322 g/mol. The van der Waals surface area contributed by atoms with Gasteiger partial charge in [-0.05, 0) is 29.8 Å². The highest BCUT2D eigenvalue weighted by atomic mass is 35.5. The Kier molecular flexibility index (Phi) is 5.43. The van der Waals surface area contributed by atoms with Crippen LogP contribution in [0.5, 0.6) is 0 Å². The summed E-state index contributed by atoms with van der Waals surface area (Å²) in [6, 6.07) is 8.50. The van der Waals surface area contributed by atoms with Gasteiger partial charge < -0.3 is 10.1 Å². The molecular formula is C15H12ClFN2O3. The third kappa shape index (κ3) is 4.82. The van der Waals surface area contributed by atoms with Crippen LogP contribution in [-0.2, 0) is 16.1 Å². The smallest absolute Gasteiger partial charge is 0.338 e. The first-order valence-corrected chi connectivity index (χ1v) is 6.72. The molecule has 0 saturated heterocycles. The van der Waals surface area contributed by atoms with Crippen LogP contribution in [0.1, 0.15) is 15.9 Å². The van der Waals surface area contributed by atoms with Crippen molar-refractivity contribution in [2.45, 2.75) is 6.54 Å². The van der Waals surface area contributed by atoms with Crippen molar-refractivity contribution in [1.29, 1.82) is 0 Å². The van der Waals surface area contributed by atoms with Gasteiger partial charge in [-0.3, -0.25) is 4.79 Å². The van der Waals surface area contributed by atoms with Gasteiger partial charge >= 0.3 is 5.97 Å². The van der Waals surface area contributed by atoms with Crippen LogP contribution in [0.15, 0.2) is 42.6 Å². The first kappa shape index (κ1) is 15.9. The molecule has 0 bridgehead atoms. The summed E-state index contributed by atoms with van der Waals surface area (Å²) in [6.45, 7) is -0.197. The Morgan fingerprint density at radius 3 is 2.64 bits per heavy atom. The minimum Gasteiger partial charge on any atom is -0.452 e. The van der Waals surface area contributed by atoms with Crippen molar-refractivity contribution in [1.82, 2.24) is 10.3 Å². The lowest BCUT2D eigenvalue weighted by Gasteiger charge is -2.07. The fourth-order valence-corrected chi connectivity index (χ4v) is 1.77. The Bertz CT molecular complexity index is 677. The van der Waals surface area contributed by atoms with Crippen molar-refractivity contribution in [2.24, 2.45) is 0 Å². The molecule has 0 radical (unpaired) electrons. The molecule has 2 rings (SSSR count). The molecule has 0 atom stereocenters. The van der Waals surface area contributed by atoms with Gasteiger partial charge in [-0.1, -0.05) is 23.7 Å². The summed E-state index contributed by atoms with van der Waals surface area (Å²) in [7, 11) is 0. The standard InChI is InChI=1S/C15H12ClFN2O3/c16-13-7-11(5-6-18-13)15(21)22-9-14(20)19-8-10-1-3-12(17)4-2-10/h1-7H,8-9H2,(H,19,20). The number of amides is 1. The maximum atomic E-state index is 12.7. The van der Waals surface area contributed by atoms with Crippen LogP contribution in [0.25, 0.3) is 0 Å². The molecule has 1 aromatic heterocycles. The van der Waals surface area contributed by atoms with Crippen LogP contribution in [-0.4, -0.2) is 23.5 Å². The van der Waals surface area contributed by atoms with Gasteiger partial charge in [-0.15, -0.1) is 0 Å². The van der Waals surface area contributed by atoms with E-state index in [1.54, 1.807) is 12.1 Å². The van der Waals surface area contributed by atoms with Gasteiger partial charge in [0.15, 0.2) is 6.61 Å². The van der Waals surface area contributed by atoms with Gasteiger partial charge in [0.1, 0.15) is 11.0 Å². The topological polar surface area (TPSA) is 68.3 Å². The Morgan fingerprint density at radius 1 is 1.23 bits per heavy atom. The summed E-state index contributed by atoms with van der Waals surface area (Å²) < 4.78 is 17.6. The molecular weight excluding hydrogens is 311 g/mol. The van der Waals surface area contributed by atoms with E-state index in [2.05, 4.69) is 10.3 Å². The number of hydrogen-bond acceptors (Lipinski definition) is 4. The maximum Gasteiger partial charge on any atom is 0.338 e. The molecule has 0 aliphatic heterocycles. The number of nitrogens with one attached hydrogen (secondary N) is 1. The van der Waals surface area contributed by atoms with Crippen LogP contribution >= 0.6 is 11.6 Å². The van der Waals surface area contributed by atoms with Crippen LogP contribution in [0.3, 0.4) is 0 Å². The number of esters is 1. The molecule has 0 aliphatic rings. The summed E-state index contributed by atoms with van der Waals surface area (Å²) in [6.07, 6.45) is 1.37. The van der Waals surface area contributed by atoms with E-state index in [0.717, 1.165) is 5.56 Å². The summed E-state index contributed by atoms with van der Waals surface area (Å²) in [5.41, 5.74) is 0.952. The highest BCUT2D eigenvalue weighted by Gasteiger charge is 2.10. The highest BCUT2D eigenvalue weighted by Crippen LogP contribution is 2.08. The fourth-order valence-electron chi connectivity index (χ4n) is 1.60. The number of rotatable bonds is 5. The third-order valence-corrected chi connectivity index (χ3v) is 2.91. The molecule has 1 amide bonds. The van der Waals surface area contributed by atoms with Crippen molar-refractivity contribution >= 4 is 23.5 Å². The summed E-state index contributed by atoms with van der Waals surface area (Å²) in [5, 5.41) is 2.72. The number of carbonyl (C=O) groups excluding carboxylic acids is 2. The number of hydrogen-bond donors (Lipinski definition) is 1. The molecule has 7 heteroatoms. The Hall–Kier alpha value is -2.47. The van der Waals surface area contributed by atoms with Gasteiger partial charge in [0.25, 0.3) is 5.91 Å². The molecule has 0 spiro atoms. The molecule has 0 aliphatic carbocycles. The summed E-state index contributed by atoms with van der Waals surface area (Å²) >= 11 is 5.66. The predicted octanol–water partition coefficient (Wildman–Crippen LogP) is 2.35. The number of pyridine rings is 1. The zero-order valence-corrected chi connectivity index (χ0v) is 12.1. The molecule has 0 saturated carbocycles. The number of benzene rings is 1. The molecule has 114 valence electrons. The van der Waals surface area contributed by atoms with Gasteiger partial charge in [0.2, 0.25) is 0 Å². The van der Waals surface area contributed by atoms with E-state index in [9.17, 15) is 14.0 Å². The third-order valence-electron chi connectivity index (χ3n) is 2.70. The lowest BCUT2D eigenvalue weighted by atomic mass is 10.2. The summed E-state index contributed by atoms with van der Waals surface area (Å²) in [5.74, 6) is -1.47. The van der Waals surface area contributed by atoms with Gasteiger partial charge in [-0.2, -0.15) is 0 Å². The normalized spacial score (nSPS) is 10.1. The zero-order chi connectivity index (χ0) is 15.9. The predicted molar refractivity (Wildman–Crippen MR) is 77.8 cm³/mol. The molecule has 22 heavy (non-hydrogen) atoms. The van der Waals surface area contributed by atoms with E-state index >= 15 is 0 Å². The van der Waals surface area contributed by atoms with Crippen molar-refractivity contribution in [3.05, 3.63) is 64.7 Å². The Morgan fingerprint density at radius 2 is 1.95 bits per heavy atom. The second kappa shape index (κ2) is 7.51. The maximum absolute atomic E-state index is 12.7.